The predicted octanol–water partition coefficient (Wildman–Crippen LogP) is 4.92. The minimum Gasteiger partial charge on any atom is -0.454 e. The molecule has 1 amide bonds. The Morgan fingerprint density at radius 3 is 2.57 bits per heavy atom. The van der Waals surface area contributed by atoms with E-state index in [2.05, 4.69) is 10.3 Å². The number of furan rings is 1. The minimum absolute atomic E-state index is 0.127. The van der Waals surface area contributed by atoms with E-state index in [1.165, 1.54) is 11.3 Å². The van der Waals surface area contributed by atoms with Gasteiger partial charge in [0.2, 0.25) is 5.91 Å². The number of carbonyl (C=O) groups excluding carboxylic acids is 1. The third-order valence-electron chi connectivity index (χ3n) is 4.67. The van der Waals surface area contributed by atoms with Crippen molar-refractivity contribution in [2.24, 2.45) is 0 Å². The van der Waals surface area contributed by atoms with Crippen LogP contribution in [0.1, 0.15) is 19.4 Å². The van der Waals surface area contributed by atoms with Gasteiger partial charge in [-0.1, -0.05) is 30.3 Å². The highest BCUT2D eigenvalue weighted by Crippen LogP contribution is 2.30. The van der Waals surface area contributed by atoms with Crippen LogP contribution < -0.4 is 5.32 Å². The number of amides is 1. The molecule has 154 valence electrons. The van der Waals surface area contributed by atoms with Crippen molar-refractivity contribution < 1.29 is 17.6 Å². The standard InChI is InChI=1S/C22H20N2O4S2/c1-14(2)30(26,27)17-9-7-15(8-10-17)11-21(25)24-22-23-18(13-29-22)20-12-16-5-3-4-6-19(16)28-20/h3-10,12-14H,11H2,1-2H3,(H,23,24,25). The fraction of sp³-hybridized carbons (Fsp3) is 0.182. The number of para-hydroxylation sites is 1. The van der Waals surface area contributed by atoms with Gasteiger partial charge in [0.1, 0.15) is 11.3 Å². The third kappa shape index (κ3) is 4.15. The molecule has 1 N–H and O–H groups in total. The Bertz CT molecular complexity index is 1270. The predicted molar refractivity (Wildman–Crippen MR) is 118 cm³/mol. The van der Waals surface area contributed by atoms with Crippen molar-refractivity contribution in [2.75, 3.05) is 5.32 Å². The summed E-state index contributed by atoms with van der Waals surface area (Å²) < 4.78 is 30.2. The molecule has 0 radical (unpaired) electrons. The lowest BCUT2D eigenvalue weighted by Crippen LogP contribution is -2.15. The number of aromatic nitrogens is 1. The smallest absolute Gasteiger partial charge is 0.230 e. The van der Waals surface area contributed by atoms with Crippen LogP contribution in [0.3, 0.4) is 0 Å². The van der Waals surface area contributed by atoms with Crippen LogP contribution in [0.25, 0.3) is 22.4 Å². The zero-order valence-electron chi connectivity index (χ0n) is 16.5. The van der Waals surface area contributed by atoms with Crippen LogP contribution in [-0.4, -0.2) is 24.6 Å². The molecule has 0 spiro atoms. The highest BCUT2D eigenvalue weighted by Gasteiger charge is 2.19. The van der Waals surface area contributed by atoms with E-state index in [1.807, 2.05) is 35.7 Å². The SMILES string of the molecule is CC(C)S(=O)(=O)c1ccc(CC(=O)Nc2nc(-c3cc4ccccc4o3)cs2)cc1. The molecule has 0 saturated heterocycles. The van der Waals surface area contributed by atoms with Crippen LogP contribution in [-0.2, 0) is 21.1 Å². The molecule has 0 unspecified atom stereocenters. The number of hydrogen-bond donors (Lipinski definition) is 1. The van der Waals surface area contributed by atoms with Gasteiger partial charge in [-0.05, 0) is 43.7 Å². The Morgan fingerprint density at radius 2 is 1.87 bits per heavy atom. The average Bonchev–Trinajstić information content (AvgIpc) is 3.34. The first kappa shape index (κ1) is 20.3. The second-order valence-corrected chi connectivity index (χ2v) is 10.5. The van der Waals surface area contributed by atoms with Gasteiger partial charge in [0, 0.05) is 10.8 Å². The number of sulfone groups is 1. The Labute approximate surface area is 178 Å². The minimum atomic E-state index is -3.32. The summed E-state index contributed by atoms with van der Waals surface area (Å²) in [5.74, 6) is 0.426. The number of nitrogens with zero attached hydrogens (tertiary/aromatic N) is 1. The van der Waals surface area contributed by atoms with Crippen molar-refractivity contribution in [3.8, 4) is 11.5 Å². The molecule has 0 bridgehead atoms. The normalized spacial score (nSPS) is 11.8. The van der Waals surface area contributed by atoms with Crippen molar-refractivity contribution in [1.29, 1.82) is 0 Å². The number of benzene rings is 2. The number of carbonyl (C=O) groups is 1. The molecule has 4 rings (SSSR count). The van der Waals surface area contributed by atoms with Crippen LogP contribution in [0, 0.1) is 0 Å². The summed E-state index contributed by atoms with van der Waals surface area (Å²) in [4.78, 5) is 17.1. The van der Waals surface area contributed by atoms with Crippen LogP contribution in [0.2, 0.25) is 0 Å². The molecular weight excluding hydrogens is 420 g/mol. The van der Waals surface area contributed by atoms with Crippen molar-refractivity contribution in [1.82, 2.24) is 4.98 Å². The molecule has 0 aliphatic rings. The van der Waals surface area contributed by atoms with E-state index in [0.29, 0.717) is 16.6 Å². The summed E-state index contributed by atoms with van der Waals surface area (Å²) in [6.45, 7) is 3.29. The molecule has 2 heterocycles. The van der Waals surface area contributed by atoms with E-state index in [4.69, 9.17) is 4.42 Å². The Hall–Kier alpha value is -2.97. The number of hydrogen-bond acceptors (Lipinski definition) is 6. The molecule has 8 heteroatoms. The van der Waals surface area contributed by atoms with Crippen LogP contribution >= 0.6 is 11.3 Å². The van der Waals surface area contributed by atoms with Crippen molar-refractivity contribution >= 4 is 43.2 Å². The summed E-state index contributed by atoms with van der Waals surface area (Å²) in [6.07, 6.45) is 0.127. The van der Waals surface area contributed by atoms with Gasteiger partial charge >= 0.3 is 0 Å². The van der Waals surface area contributed by atoms with E-state index in [0.717, 1.165) is 16.5 Å². The monoisotopic (exact) mass is 440 g/mol. The van der Waals surface area contributed by atoms with E-state index in [1.54, 1.807) is 38.1 Å². The lowest BCUT2D eigenvalue weighted by Gasteiger charge is -2.08. The number of nitrogens with one attached hydrogen (secondary N) is 1. The van der Waals surface area contributed by atoms with Gasteiger partial charge in [-0.25, -0.2) is 13.4 Å². The molecule has 0 aliphatic carbocycles. The van der Waals surface area contributed by atoms with Gasteiger partial charge in [0.25, 0.3) is 0 Å². The zero-order chi connectivity index (χ0) is 21.3. The molecule has 2 aromatic carbocycles. The quantitative estimate of drug-likeness (QED) is 0.460. The second-order valence-electron chi connectivity index (χ2n) is 7.15. The number of thiazole rings is 1. The third-order valence-corrected chi connectivity index (χ3v) is 7.59. The molecule has 0 fully saturated rings. The maximum atomic E-state index is 12.4. The lowest BCUT2D eigenvalue weighted by molar-refractivity contribution is -0.115. The van der Waals surface area contributed by atoms with Crippen LogP contribution in [0.5, 0.6) is 0 Å². The van der Waals surface area contributed by atoms with Gasteiger partial charge in [-0.2, -0.15) is 0 Å². The summed E-state index contributed by atoms with van der Waals surface area (Å²) in [6, 6.07) is 16.0. The second kappa shape index (κ2) is 8.04. The molecule has 30 heavy (non-hydrogen) atoms. The number of rotatable bonds is 6. The number of anilines is 1. The van der Waals surface area contributed by atoms with Crippen LogP contribution in [0.15, 0.2) is 69.3 Å². The fourth-order valence-electron chi connectivity index (χ4n) is 2.97. The van der Waals surface area contributed by atoms with E-state index < -0.39 is 15.1 Å². The first-order valence-electron chi connectivity index (χ1n) is 9.40. The largest absolute Gasteiger partial charge is 0.454 e. The van der Waals surface area contributed by atoms with Gasteiger partial charge in [0.15, 0.2) is 20.7 Å². The fourth-order valence-corrected chi connectivity index (χ4v) is 4.75. The summed E-state index contributed by atoms with van der Waals surface area (Å²) >= 11 is 1.32. The highest BCUT2D eigenvalue weighted by molar-refractivity contribution is 7.92. The molecular formula is C22H20N2O4S2. The first-order chi connectivity index (χ1) is 14.3. The number of fused-ring (bicyclic) bond motifs is 1. The zero-order valence-corrected chi connectivity index (χ0v) is 18.1. The van der Waals surface area contributed by atoms with E-state index in [9.17, 15) is 13.2 Å². The van der Waals surface area contributed by atoms with Gasteiger partial charge in [-0.15, -0.1) is 11.3 Å². The van der Waals surface area contributed by atoms with Gasteiger partial charge in [0.05, 0.1) is 16.6 Å². The van der Waals surface area contributed by atoms with Crippen molar-refractivity contribution in [3.05, 3.63) is 65.5 Å². The van der Waals surface area contributed by atoms with E-state index in [-0.39, 0.29) is 17.2 Å². The summed E-state index contributed by atoms with van der Waals surface area (Å²) in [5.41, 5.74) is 2.17. The summed E-state index contributed by atoms with van der Waals surface area (Å²) in [7, 11) is -3.32. The maximum Gasteiger partial charge on any atom is 0.230 e. The average molecular weight is 441 g/mol. The van der Waals surface area contributed by atoms with E-state index >= 15 is 0 Å². The van der Waals surface area contributed by atoms with Crippen LogP contribution in [0.4, 0.5) is 5.13 Å². The maximum absolute atomic E-state index is 12.4. The van der Waals surface area contributed by atoms with Crippen molar-refractivity contribution in [2.45, 2.75) is 30.4 Å². The summed E-state index contributed by atoms with van der Waals surface area (Å²) in [5, 5.41) is 5.61. The van der Waals surface area contributed by atoms with Gasteiger partial charge < -0.3 is 9.73 Å². The molecule has 0 atom stereocenters. The lowest BCUT2D eigenvalue weighted by atomic mass is 10.1. The van der Waals surface area contributed by atoms with Gasteiger partial charge in [-0.3, -0.25) is 4.79 Å². The molecule has 4 aromatic rings. The molecule has 6 nitrogen and oxygen atoms in total. The van der Waals surface area contributed by atoms with Crippen molar-refractivity contribution in [3.63, 3.8) is 0 Å². The Kier molecular flexibility index (Phi) is 5.44. The topological polar surface area (TPSA) is 89.3 Å². The Balaban J connectivity index is 1.42. The molecule has 2 aromatic heterocycles. The molecule has 0 saturated carbocycles. The highest BCUT2D eigenvalue weighted by atomic mass is 32.2. The Morgan fingerprint density at radius 1 is 1.13 bits per heavy atom. The molecule has 0 aliphatic heterocycles. The first-order valence-corrected chi connectivity index (χ1v) is 11.8.